The molecule has 2 aromatic carbocycles. The third-order valence-corrected chi connectivity index (χ3v) is 7.79. The van der Waals surface area contributed by atoms with Crippen molar-refractivity contribution in [2.45, 2.75) is 69.1 Å². The molecule has 0 aliphatic heterocycles. The number of phenolic OH excluding ortho intramolecular Hbond substituents is 1. The third kappa shape index (κ3) is 5.05. The van der Waals surface area contributed by atoms with Crippen LogP contribution < -0.4 is 5.30 Å². The molecule has 2 N–H and O–H groups in total. The summed E-state index contributed by atoms with van der Waals surface area (Å²) in [4.78, 5) is 0. The number of aryl methyl sites for hydroxylation is 1. The first kappa shape index (κ1) is 22.6. The van der Waals surface area contributed by atoms with E-state index in [0.29, 0.717) is 14.3 Å². The van der Waals surface area contributed by atoms with Crippen LogP contribution in [0.5, 0.6) is 5.75 Å². The fraction of sp³-hybridized carbons (Fsp3) is 0.478. The van der Waals surface area contributed by atoms with Crippen LogP contribution in [0.2, 0.25) is 0 Å². The zero-order valence-corrected chi connectivity index (χ0v) is 20.6. The summed E-state index contributed by atoms with van der Waals surface area (Å²) < 4.78 is -0.00622. The lowest BCUT2D eigenvalue weighted by molar-refractivity contribution is 0.0797. The standard InChI is InChI=1S/C23H32IO2P/c1-8-23(7,27-19-12-10-9-11-17(19)22(5,6)26)18-14-16(21(3,4)24)13-15(2)20(18)25/h9-14,25-27H,8H2,1-7H3. The van der Waals surface area contributed by atoms with Crippen molar-refractivity contribution in [2.75, 3.05) is 0 Å². The van der Waals surface area contributed by atoms with Gasteiger partial charge in [-0.05, 0) is 69.1 Å². The third-order valence-electron chi connectivity index (χ3n) is 5.29. The first-order chi connectivity index (χ1) is 12.3. The van der Waals surface area contributed by atoms with Crippen molar-refractivity contribution in [3.8, 4) is 5.75 Å². The first-order valence-corrected chi connectivity index (χ1v) is 11.5. The van der Waals surface area contributed by atoms with Gasteiger partial charge in [-0.1, -0.05) is 75.4 Å². The highest BCUT2D eigenvalue weighted by Gasteiger charge is 2.33. The Morgan fingerprint density at radius 2 is 1.59 bits per heavy atom. The van der Waals surface area contributed by atoms with E-state index in [9.17, 15) is 10.2 Å². The van der Waals surface area contributed by atoms with Crippen molar-refractivity contribution in [2.24, 2.45) is 0 Å². The summed E-state index contributed by atoms with van der Waals surface area (Å²) in [5.41, 5.74) is 3.24. The number of hydrogen-bond acceptors (Lipinski definition) is 2. The van der Waals surface area contributed by atoms with E-state index in [0.717, 1.165) is 28.4 Å². The maximum absolute atomic E-state index is 10.9. The summed E-state index contributed by atoms with van der Waals surface area (Å²) in [6.45, 7) is 14.4. The summed E-state index contributed by atoms with van der Waals surface area (Å²) >= 11 is 2.45. The van der Waals surface area contributed by atoms with Crippen LogP contribution in [-0.2, 0) is 14.2 Å². The normalized spacial score (nSPS) is 15.3. The minimum Gasteiger partial charge on any atom is -0.507 e. The Labute approximate surface area is 179 Å². The summed E-state index contributed by atoms with van der Waals surface area (Å²) in [5.74, 6) is 0.400. The van der Waals surface area contributed by atoms with Gasteiger partial charge in [0.2, 0.25) is 0 Å². The summed E-state index contributed by atoms with van der Waals surface area (Å²) in [7, 11) is 0.448. The Morgan fingerprint density at radius 1 is 1.00 bits per heavy atom. The average molecular weight is 498 g/mol. The van der Waals surface area contributed by atoms with E-state index in [1.807, 2.05) is 39.0 Å². The monoisotopic (exact) mass is 498 g/mol. The second-order valence-corrected chi connectivity index (χ2v) is 13.2. The average Bonchev–Trinajstić information content (AvgIpc) is 2.55. The second kappa shape index (κ2) is 8.00. The molecule has 0 aromatic heterocycles. The molecule has 2 nitrogen and oxygen atoms in total. The van der Waals surface area contributed by atoms with Crippen LogP contribution in [0.25, 0.3) is 0 Å². The number of hydrogen-bond donors (Lipinski definition) is 2. The molecule has 0 aliphatic carbocycles. The van der Waals surface area contributed by atoms with Gasteiger partial charge in [-0.2, -0.15) is 0 Å². The Bertz CT molecular complexity index is 818. The maximum atomic E-state index is 10.9. The second-order valence-electron chi connectivity index (χ2n) is 8.58. The molecule has 0 amide bonds. The molecular weight excluding hydrogens is 466 g/mol. The Kier molecular flexibility index (Phi) is 6.71. The quantitative estimate of drug-likeness (QED) is 0.282. The molecule has 4 heteroatoms. The van der Waals surface area contributed by atoms with Crippen molar-refractivity contribution in [3.63, 3.8) is 0 Å². The molecule has 0 bridgehead atoms. The lowest BCUT2D eigenvalue weighted by atomic mass is 9.89. The first-order valence-electron chi connectivity index (χ1n) is 9.43. The van der Waals surface area contributed by atoms with E-state index in [-0.39, 0.29) is 8.58 Å². The zero-order valence-electron chi connectivity index (χ0n) is 17.4. The number of alkyl halides is 1. The number of aliphatic hydroxyl groups is 1. The molecule has 0 radical (unpaired) electrons. The van der Waals surface area contributed by atoms with Crippen molar-refractivity contribution in [3.05, 3.63) is 58.7 Å². The summed E-state index contributed by atoms with van der Waals surface area (Å²) in [6.07, 6.45) is 0.907. The largest absolute Gasteiger partial charge is 0.507 e. The Hall–Kier alpha value is -0.640. The van der Waals surface area contributed by atoms with E-state index < -0.39 is 5.60 Å². The Morgan fingerprint density at radius 3 is 2.11 bits per heavy atom. The van der Waals surface area contributed by atoms with Gasteiger partial charge in [-0.25, -0.2) is 0 Å². The number of aromatic hydroxyl groups is 1. The van der Waals surface area contributed by atoms with E-state index in [4.69, 9.17) is 0 Å². The predicted octanol–water partition coefficient (Wildman–Crippen LogP) is 6.23. The van der Waals surface area contributed by atoms with Crippen LogP contribution >= 0.6 is 31.2 Å². The van der Waals surface area contributed by atoms with E-state index in [1.54, 1.807) is 0 Å². The SMILES string of the molecule is CCC(C)(Pc1ccccc1C(C)(C)O)c1cc(C(C)(C)I)cc(C)c1O. The molecule has 0 heterocycles. The maximum Gasteiger partial charge on any atom is 0.122 e. The topological polar surface area (TPSA) is 40.5 Å². The van der Waals surface area contributed by atoms with E-state index in [1.165, 1.54) is 5.56 Å². The molecule has 0 fully saturated rings. The molecule has 2 atom stereocenters. The van der Waals surface area contributed by atoms with Crippen LogP contribution in [0, 0.1) is 6.92 Å². The van der Waals surface area contributed by atoms with Gasteiger partial charge in [-0.3, -0.25) is 0 Å². The van der Waals surface area contributed by atoms with Gasteiger partial charge in [0, 0.05) is 14.1 Å². The summed E-state index contributed by atoms with van der Waals surface area (Å²) in [6, 6.07) is 12.4. The number of rotatable bonds is 6. The lowest BCUT2D eigenvalue weighted by Gasteiger charge is -2.34. The fourth-order valence-corrected chi connectivity index (χ4v) is 5.42. The Balaban J connectivity index is 2.61. The van der Waals surface area contributed by atoms with Gasteiger partial charge in [0.15, 0.2) is 0 Å². The van der Waals surface area contributed by atoms with Gasteiger partial charge in [-0.15, -0.1) is 0 Å². The van der Waals surface area contributed by atoms with E-state index in [2.05, 4.69) is 68.5 Å². The van der Waals surface area contributed by atoms with Gasteiger partial charge < -0.3 is 10.2 Å². The molecule has 0 saturated carbocycles. The van der Waals surface area contributed by atoms with Gasteiger partial charge in [0.05, 0.1) is 5.60 Å². The minimum atomic E-state index is -0.887. The van der Waals surface area contributed by atoms with Crippen LogP contribution in [0.1, 0.15) is 70.2 Å². The number of phenols is 1. The van der Waals surface area contributed by atoms with Gasteiger partial charge in [0.1, 0.15) is 5.75 Å². The molecule has 2 unspecified atom stereocenters. The van der Waals surface area contributed by atoms with Crippen molar-refractivity contribution >= 4 is 36.5 Å². The molecule has 0 spiro atoms. The number of halogens is 1. The summed E-state index contributed by atoms with van der Waals surface area (Å²) in [5, 5.41) is 22.5. The number of benzene rings is 2. The highest BCUT2D eigenvalue weighted by Crippen LogP contribution is 2.50. The molecule has 2 rings (SSSR count). The predicted molar refractivity (Wildman–Crippen MR) is 127 cm³/mol. The zero-order chi connectivity index (χ0) is 20.6. The van der Waals surface area contributed by atoms with E-state index >= 15 is 0 Å². The van der Waals surface area contributed by atoms with Gasteiger partial charge >= 0.3 is 0 Å². The van der Waals surface area contributed by atoms with Gasteiger partial charge in [0.25, 0.3) is 0 Å². The van der Waals surface area contributed by atoms with Crippen LogP contribution in [0.3, 0.4) is 0 Å². The highest BCUT2D eigenvalue weighted by molar-refractivity contribution is 14.1. The highest BCUT2D eigenvalue weighted by atomic mass is 127. The smallest absolute Gasteiger partial charge is 0.122 e. The lowest BCUT2D eigenvalue weighted by Crippen LogP contribution is -2.27. The molecule has 0 aliphatic rings. The molecule has 148 valence electrons. The fourth-order valence-electron chi connectivity index (χ4n) is 3.31. The molecule has 0 saturated heterocycles. The molecule has 2 aromatic rings. The minimum absolute atomic E-state index is 0.00622. The molecular formula is C23H32IO2P. The van der Waals surface area contributed by atoms with Crippen molar-refractivity contribution in [1.29, 1.82) is 0 Å². The van der Waals surface area contributed by atoms with Crippen LogP contribution in [0.15, 0.2) is 36.4 Å². The molecule has 27 heavy (non-hydrogen) atoms. The van der Waals surface area contributed by atoms with Crippen LogP contribution in [-0.4, -0.2) is 10.2 Å². The van der Waals surface area contributed by atoms with Crippen LogP contribution in [0.4, 0.5) is 0 Å². The van der Waals surface area contributed by atoms with Crippen molar-refractivity contribution < 1.29 is 10.2 Å². The van der Waals surface area contributed by atoms with Crippen molar-refractivity contribution in [1.82, 2.24) is 0 Å².